The number of hydrogen-bond acceptors (Lipinski definition) is 4. The molecule has 108 valence electrons. The highest BCUT2D eigenvalue weighted by atomic mass is 35.5. The van der Waals surface area contributed by atoms with Gasteiger partial charge in [0.05, 0.1) is 5.56 Å². The van der Waals surface area contributed by atoms with E-state index >= 15 is 0 Å². The second-order valence-electron chi connectivity index (χ2n) is 5.07. The van der Waals surface area contributed by atoms with Gasteiger partial charge < -0.3 is 10.4 Å². The number of anilines is 1. The van der Waals surface area contributed by atoms with E-state index in [4.69, 9.17) is 16.9 Å². The molecule has 1 unspecified atom stereocenters. The van der Waals surface area contributed by atoms with Crippen molar-refractivity contribution >= 4 is 17.4 Å². The molecular weight excluding hydrogens is 286 g/mol. The smallest absolute Gasteiger partial charge is 0.144 e. The average Bonchev–Trinajstić information content (AvgIpc) is 2.45. The number of benzene rings is 1. The van der Waals surface area contributed by atoms with Crippen LogP contribution < -0.4 is 5.32 Å². The van der Waals surface area contributed by atoms with Gasteiger partial charge in [-0.1, -0.05) is 29.8 Å². The first kappa shape index (κ1) is 15.3. The molecule has 0 bridgehead atoms. The van der Waals surface area contributed by atoms with Gasteiger partial charge in [0.25, 0.3) is 0 Å². The SMILES string of the molecule is Cc1ccc(C#N)c(NCC(C)(O)c2ccccc2Cl)n1. The molecule has 1 aromatic carbocycles. The van der Waals surface area contributed by atoms with E-state index < -0.39 is 5.60 Å². The Morgan fingerprint density at radius 3 is 2.71 bits per heavy atom. The van der Waals surface area contributed by atoms with Gasteiger partial charge in [0.1, 0.15) is 17.5 Å². The van der Waals surface area contributed by atoms with Crippen LogP contribution in [0.1, 0.15) is 23.7 Å². The van der Waals surface area contributed by atoms with Crippen molar-refractivity contribution in [2.75, 3.05) is 11.9 Å². The Kier molecular flexibility index (Phi) is 4.46. The number of halogens is 1. The lowest BCUT2D eigenvalue weighted by Crippen LogP contribution is -2.31. The molecule has 2 N–H and O–H groups in total. The Morgan fingerprint density at radius 2 is 2.05 bits per heavy atom. The summed E-state index contributed by atoms with van der Waals surface area (Å²) in [4.78, 5) is 4.29. The Labute approximate surface area is 129 Å². The van der Waals surface area contributed by atoms with E-state index in [-0.39, 0.29) is 6.54 Å². The highest BCUT2D eigenvalue weighted by Crippen LogP contribution is 2.28. The fraction of sp³-hybridized carbons (Fsp3) is 0.250. The molecule has 0 aliphatic rings. The fourth-order valence-corrected chi connectivity index (χ4v) is 2.37. The molecule has 0 saturated carbocycles. The quantitative estimate of drug-likeness (QED) is 0.909. The lowest BCUT2D eigenvalue weighted by atomic mass is 9.96. The van der Waals surface area contributed by atoms with Crippen LogP contribution in [0, 0.1) is 18.3 Å². The molecule has 5 heteroatoms. The molecule has 1 atom stereocenters. The largest absolute Gasteiger partial charge is 0.384 e. The molecule has 0 aliphatic carbocycles. The molecule has 2 aromatic rings. The molecule has 1 aromatic heterocycles. The Balaban J connectivity index is 2.22. The summed E-state index contributed by atoms with van der Waals surface area (Å²) in [5.74, 6) is 0.463. The molecular formula is C16H16ClN3O. The van der Waals surface area contributed by atoms with Crippen LogP contribution >= 0.6 is 11.6 Å². The van der Waals surface area contributed by atoms with Crippen LogP contribution in [0.2, 0.25) is 5.02 Å². The number of nitrogens with zero attached hydrogens (tertiary/aromatic N) is 2. The zero-order valence-electron chi connectivity index (χ0n) is 11.9. The maximum absolute atomic E-state index is 10.6. The number of aromatic nitrogens is 1. The molecule has 4 nitrogen and oxygen atoms in total. The van der Waals surface area contributed by atoms with Crippen molar-refractivity contribution in [3.8, 4) is 6.07 Å². The van der Waals surface area contributed by atoms with Crippen LogP contribution in [0.15, 0.2) is 36.4 Å². The van der Waals surface area contributed by atoms with E-state index in [9.17, 15) is 5.11 Å². The summed E-state index contributed by atoms with van der Waals surface area (Å²) in [7, 11) is 0. The molecule has 2 rings (SSSR count). The van der Waals surface area contributed by atoms with Crippen LogP contribution in [-0.4, -0.2) is 16.6 Å². The normalized spacial score (nSPS) is 13.3. The van der Waals surface area contributed by atoms with Crippen LogP contribution in [0.5, 0.6) is 0 Å². The van der Waals surface area contributed by atoms with E-state index in [0.29, 0.717) is 22.0 Å². The fourth-order valence-electron chi connectivity index (χ4n) is 2.03. The average molecular weight is 302 g/mol. The zero-order chi connectivity index (χ0) is 15.5. The van der Waals surface area contributed by atoms with Gasteiger partial charge in [0, 0.05) is 22.8 Å². The number of rotatable bonds is 4. The van der Waals surface area contributed by atoms with Gasteiger partial charge in [0.2, 0.25) is 0 Å². The second-order valence-corrected chi connectivity index (χ2v) is 5.48. The highest BCUT2D eigenvalue weighted by Gasteiger charge is 2.25. The summed E-state index contributed by atoms with van der Waals surface area (Å²) >= 11 is 6.12. The Hall–Kier alpha value is -2.09. The minimum absolute atomic E-state index is 0.196. The van der Waals surface area contributed by atoms with Gasteiger partial charge in [-0.25, -0.2) is 4.98 Å². The van der Waals surface area contributed by atoms with Gasteiger partial charge in [-0.3, -0.25) is 0 Å². The molecule has 0 amide bonds. The number of pyridine rings is 1. The van der Waals surface area contributed by atoms with Crippen molar-refractivity contribution in [2.24, 2.45) is 0 Å². The van der Waals surface area contributed by atoms with Crippen LogP contribution in [-0.2, 0) is 5.60 Å². The maximum Gasteiger partial charge on any atom is 0.144 e. The summed E-state index contributed by atoms with van der Waals surface area (Å²) in [5.41, 5.74) is 0.700. The number of aliphatic hydroxyl groups is 1. The van der Waals surface area contributed by atoms with E-state index in [2.05, 4.69) is 16.4 Å². The summed E-state index contributed by atoms with van der Waals surface area (Å²) in [5, 5.41) is 23.2. The third-order valence-corrected chi connectivity index (χ3v) is 3.54. The standard InChI is InChI=1S/C16H16ClN3O/c1-11-7-8-12(9-18)15(20-11)19-10-16(2,21)13-5-3-4-6-14(13)17/h3-8,21H,10H2,1-2H3,(H,19,20). The predicted octanol–water partition coefficient (Wildman–Crippen LogP) is 3.23. The van der Waals surface area contributed by atoms with Crippen molar-refractivity contribution in [3.05, 3.63) is 58.2 Å². The summed E-state index contributed by atoms with van der Waals surface area (Å²) in [6.07, 6.45) is 0. The van der Waals surface area contributed by atoms with Crippen molar-refractivity contribution in [2.45, 2.75) is 19.4 Å². The first-order valence-corrected chi connectivity index (χ1v) is 6.91. The molecule has 0 radical (unpaired) electrons. The Bertz CT molecular complexity index is 692. The van der Waals surface area contributed by atoms with Crippen molar-refractivity contribution in [1.29, 1.82) is 5.26 Å². The number of nitrogens with one attached hydrogen (secondary N) is 1. The number of nitriles is 1. The molecule has 0 saturated heterocycles. The van der Waals surface area contributed by atoms with Gasteiger partial charge >= 0.3 is 0 Å². The molecule has 21 heavy (non-hydrogen) atoms. The number of aryl methyl sites for hydroxylation is 1. The summed E-state index contributed by atoms with van der Waals surface area (Å²) in [6.45, 7) is 3.71. The van der Waals surface area contributed by atoms with E-state index in [0.717, 1.165) is 5.69 Å². The van der Waals surface area contributed by atoms with Crippen molar-refractivity contribution in [3.63, 3.8) is 0 Å². The van der Waals surface area contributed by atoms with Crippen molar-refractivity contribution < 1.29 is 5.11 Å². The maximum atomic E-state index is 10.6. The molecule has 0 aliphatic heterocycles. The predicted molar refractivity (Wildman–Crippen MR) is 83.2 cm³/mol. The third kappa shape index (κ3) is 3.52. The first-order chi connectivity index (χ1) is 9.94. The van der Waals surface area contributed by atoms with Gasteiger partial charge in [-0.2, -0.15) is 5.26 Å². The Morgan fingerprint density at radius 1 is 1.33 bits per heavy atom. The summed E-state index contributed by atoms with van der Waals surface area (Å²) < 4.78 is 0. The van der Waals surface area contributed by atoms with E-state index in [1.165, 1.54) is 0 Å². The lowest BCUT2D eigenvalue weighted by molar-refractivity contribution is 0.0715. The first-order valence-electron chi connectivity index (χ1n) is 6.53. The molecule has 1 heterocycles. The summed E-state index contributed by atoms with van der Waals surface area (Å²) in [6, 6.07) is 12.7. The van der Waals surface area contributed by atoms with E-state index in [1.807, 2.05) is 19.1 Å². The monoisotopic (exact) mass is 301 g/mol. The van der Waals surface area contributed by atoms with Crippen LogP contribution in [0.4, 0.5) is 5.82 Å². The second kappa shape index (κ2) is 6.13. The zero-order valence-corrected chi connectivity index (χ0v) is 12.6. The number of hydrogen-bond donors (Lipinski definition) is 2. The van der Waals surface area contributed by atoms with Crippen LogP contribution in [0.3, 0.4) is 0 Å². The molecule has 0 fully saturated rings. The minimum atomic E-state index is -1.17. The van der Waals surface area contributed by atoms with Gasteiger partial charge in [-0.05, 0) is 32.0 Å². The van der Waals surface area contributed by atoms with Gasteiger partial charge in [0.15, 0.2) is 0 Å². The van der Waals surface area contributed by atoms with E-state index in [1.54, 1.807) is 31.2 Å². The van der Waals surface area contributed by atoms with Gasteiger partial charge in [-0.15, -0.1) is 0 Å². The highest BCUT2D eigenvalue weighted by molar-refractivity contribution is 6.31. The topological polar surface area (TPSA) is 68.9 Å². The third-order valence-electron chi connectivity index (χ3n) is 3.21. The van der Waals surface area contributed by atoms with Crippen molar-refractivity contribution in [1.82, 2.24) is 4.98 Å². The minimum Gasteiger partial charge on any atom is -0.384 e. The molecule has 0 spiro atoms. The lowest BCUT2D eigenvalue weighted by Gasteiger charge is -2.25. The van der Waals surface area contributed by atoms with Crippen LogP contribution in [0.25, 0.3) is 0 Å².